The van der Waals surface area contributed by atoms with Crippen molar-refractivity contribution in [3.05, 3.63) is 58.6 Å². The van der Waals surface area contributed by atoms with E-state index in [1.165, 1.54) is 36.5 Å². The van der Waals surface area contributed by atoms with Gasteiger partial charge in [0.1, 0.15) is 11.5 Å². The van der Waals surface area contributed by atoms with Crippen LogP contribution in [0.5, 0.6) is 0 Å². The summed E-state index contributed by atoms with van der Waals surface area (Å²) in [4.78, 5) is 30.9. The van der Waals surface area contributed by atoms with Gasteiger partial charge in [0, 0.05) is 30.5 Å². The zero-order chi connectivity index (χ0) is 18.7. The maximum absolute atomic E-state index is 13.2. The van der Waals surface area contributed by atoms with Crippen LogP contribution in [0.25, 0.3) is 0 Å². The lowest BCUT2D eigenvalue weighted by atomic mass is 9.99. The van der Waals surface area contributed by atoms with Crippen molar-refractivity contribution in [2.24, 2.45) is 5.92 Å². The van der Waals surface area contributed by atoms with Gasteiger partial charge in [0.25, 0.3) is 11.8 Å². The van der Waals surface area contributed by atoms with E-state index >= 15 is 0 Å². The molecular formula is C19H19ClFN3O2. The Morgan fingerprint density at radius 2 is 1.96 bits per heavy atom. The van der Waals surface area contributed by atoms with Gasteiger partial charge in [-0.3, -0.25) is 14.6 Å². The Balaban J connectivity index is 1.72. The smallest absolute Gasteiger partial charge is 0.272 e. The molecule has 26 heavy (non-hydrogen) atoms. The first-order valence-corrected chi connectivity index (χ1v) is 8.83. The molecule has 7 heteroatoms. The Kier molecular flexibility index (Phi) is 5.52. The zero-order valence-electron chi connectivity index (χ0n) is 14.3. The Labute approximate surface area is 156 Å². The summed E-state index contributed by atoms with van der Waals surface area (Å²) in [5.41, 5.74) is 0.912. The summed E-state index contributed by atoms with van der Waals surface area (Å²) in [5.74, 6) is -0.531. The number of amides is 2. The number of rotatable bonds is 3. The summed E-state index contributed by atoms with van der Waals surface area (Å²) >= 11 is 5.72. The van der Waals surface area contributed by atoms with Crippen LogP contribution in [0.1, 0.15) is 40.6 Å². The van der Waals surface area contributed by atoms with Crippen LogP contribution in [-0.2, 0) is 0 Å². The molecule has 1 N–H and O–H groups in total. The molecule has 1 fully saturated rings. The topological polar surface area (TPSA) is 62.3 Å². The highest BCUT2D eigenvalue weighted by Crippen LogP contribution is 2.21. The second kappa shape index (κ2) is 7.83. The normalized spacial score (nSPS) is 15.0. The number of hydrogen-bond acceptors (Lipinski definition) is 3. The molecule has 0 saturated carbocycles. The third-order valence-electron chi connectivity index (χ3n) is 4.49. The molecule has 0 atom stereocenters. The number of carbonyl (C=O) groups excluding carboxylic acids is 2. The number of likely N-dealkylation sites (tertiary alicyclic amines) is 1. The van der Waals surface area contributed by atoms with Gasteiger partial charge in [0.05, 0.1) is 5.02 Å². The standard InChI is InChI=1S/C19H19ClFN3O2/c1-12-5-8-24(9-6-12)19(26)17-10-13(4-7-22-17)18(25)23-14-2-3-16(21)15(20)11-14/h2-4,7,10-12H,5-6,8-9H2,1H3,(H,23,25). The van der Waals surface area contributed by atoms with Crippen molar-refractivity contribution < 1.29 is 14.0 Å². The van der Waals surface area contributed by atoms with Crippen molar-refractivity contribution in [1.29, 1.82) is 0 Å². The van der Waals surface area contributed by atoms with Crippen LogP contribution in [0.2, 0.25) is 5.02 Å². The van der Waals surface area contributed by atoms with Crippen LogP contribution in [-0.4, -0.2) is 34.8 Å². The van der Waals surface area contributed by atoms with Crippen molar-refractivity contribution >= 4 is 29.1 Å². The van der Waals surface area contributed by atoms with Gasteiger partial charge in [0.15, 0.2) is 0 Å². The molecule has 0 spiro atoms. The fourth-order valence-electron chi connectivity index (χ4n) is 2.84. The predicted octanol–water partition coefficient (Wildman–Crippen LogP) is 4.00. The molecule has 0 aliphatic carbocycles. The summed E-state index contributed by atoms with van der Waals surface area (Å²) in [6.45, 7) is 3.57. The number of halogens is 2. The van der Waals surface area contributed by atoms with E-state index in [4.69, 9.17) is 11.6 Å². The van der Waals surface area contributed by atoms with E-state index in [2.05, 4.69) is 17.2 Å². The molecule has 136 valence electrons. The van der Waals surface area contributed by atoms with Gasteiger partial charge < -0.3 is 10.2 Å². The van der Waals surface area contributed by atoms with Crippen LogP contribution in [0, 0.1) is 11.7 Å². The van der Waals surface area contributed by atoms with E-state index in [0.717, 1.165) is 12.8 Å². The second-order valence-corrected chi connectivity index (χ2v) is 6.89. The van der Waals surface area contributed by atoms with Gasteiger partial charge in [-0.1, -0.05) is 18.5 Å². The quantitative estimate of drug-likeness (QED) is 0.882. The highest BCUT2D eigenvalue weighted by Gasteiger charge is 2.23. The average molecular weight is 376 g/mol. The van der Waals surface area contributed by atoms with Gasteiger partial charge in [-0.15, -0.1) is 0 Å². The minimum atomic E-state index is -0.558. The lowest BCUT2D eigenvalue weighted by Crippen LogP contribution is -2.38. The monoisotopic (exact) mass is 375 g/mol. The maximum atomic E-state index is 13.2. The third-order valence-corrected chi connectivity index (χ3v) is 4.78. The van der Waals surface area contributed by atoms with Gasteiger partial charge in [-0.25, -0.2) is 4.39 Å². The highest BCUT2D eigenvalue weighted by molar-refractivity contribution is 6.31. The minimum absolute atomic E-state index is 0.0762. The molecule has 0 radical (unpaired) electrons. The Hall–Kier alpha value is -2.47. The first-order valence-electron chi connectivity index (χ1n) is 8.46. The number of piperidine rings is 1. The number of benzene rings is 1. The summed E-state index contributed by atoms with van der Waals surface area (Å²) in [5, 5.41) is 2.56. The van der Waals surface area contributed by atoms with E-state index in [0.29, 0.717) is 30.3 Å². The lowest BCUT2D eigenvalue weighted by Gasteiger charge is -2.30. The maximum Gasteiger partial charge on any atom is 0.272 e. The van der Waals surface area contributed by atoms with Crippen LogP contribution in [0.15, 0.2) is 36.5 Å². The molecule has 1 saturated heterocycles. The van der Waals surface area contributed by atoms with Crippen LogP contribution >= 0.6 is 11.6 Å². The first-order chi connectivity index (χ1) is 12.4. The largest absolute Gasteiger partial charge is 0.337 e. The molecule has 5 nitrogen and oxygen atoms in total. The fourth-order valence-corrected chi connectivity index (χ4v) is 3.02. The summed E-state index contributed by atoms with van der Waals surface area (Å²) in [6, 6.07) is 6.92. The zero-order valence-corrected chi connectivity index (χ0v) is 15.1. The molecule has 3 rings (SSSR count). The van der Waals surface area contributed by atoms with Crippen molar-refractivity contribution in [3.8, 4) is 0 Å². The molecule has 2 heterocycles. The molecule has 1 aliphatic rings. The lowest BCUT2D eigenvalue weighted by molar-refractivity contribution is 0.0691. The van der Waals surface area contributed by atoms with E-state index < -0.39 is 11.7 Å². The van der Waals surface area contributed by atoms with Crippen LogP contribution < -0.4 is 5.32 Å². The Morgan fingerprint density at radius 3 is 2.65 bits per heavy atom. The van der Waals surface area contributed by atoms with Crippen molar-refractivity contribution in [1.82, 2.24) is 9.88 Å². The van der Waals surface area contributed by atoms with Crippen LogP contribution in [0.4, 0.5) is 10.1 Å². The molecule has 1 aliphatic heterocycles. The van der Waals surface area contributed by atoms with E-state index in [1.54, 1.807) is 4.90 Å². The minimum Gasteiger partial charge on any atom is -0.337 e. The second-order valence-electron chi connectivity index (χ2n) is 6.49. The molecule has 0 bridgehead atoms. The SMILES string of the molecule is CC1CCN(C(=O)c2cc(C(=O)Nc3ccc(F)c(Cl)c3)ccn2)CC1. The van der Waals surface area contributed by atoms with Gasteiger partial charge in [-0.05, 0) is 49.1 Å². The molecule has 0 unspecified atom stereocenters. The average Bonchev–Trinajstić information content (AvgIpc) is 2.65. The van der Waals surface area contributed by atoms with E-state index in [-0.39, 0.29) is 16.6 Å². The molecule has 2 aromatic rings. The molecule has 1 aromatic carbocycles. The van der Waals surface area contributed by atoms with E-state index in [1.807, 2.05) is 0 Å². The van der Waals surface area contributed by atoms with Gasteiger partial charge in [0.2, 0.25) is 0 Å². The van der Waals surface area contributed by atoms with E-state index in [9.17, 15) is 14.0 Å². The Morgan fingerprint density at radius 1 is 1.23 bits per heavy atom. The summed E-state index contributed by atoms with van der Waals surface area (Å²) in [6.07, 6.45) is 3.38. The van der Waals surface area contributed by atoms with Gasteiger partial charge >= 0.3 is 0 Å². The number of nitrogens with one attached hydrogen (secondary N) is 1. The van der Waals surface area contributed by atoms with Crippen molar-refractivity contribution in [2.45, 2.75) is 19.8 Å². The van der Waals surface area contributed by atoms with Crippen molar-refractivity contribution in [2.75, 3.05) is 18.4 Å². The molecular weight excluding hydrogens is 357 g/mol. The fraction of sp³-hybridized carbons (Fsp3) is 0.316. The Bertz CT molecular complexity index is 835. The number of nitrogens with zero attached hydrogens (tertiary/aromatic N) is 2. The van der Waals surface area contributed by atoms with Crippen LogP contribution in [0.3, 0.4) is 0 Å². The third kappa shape index (κ3) is 4.19. The summed E-state index contributed by atoms with van der Waals surface area (Å²) < 4.78 is 13.2. The number of anilines is 1. The number of hydrogen-bond donors (Lipinski definition) is 1. The molecule has 2 amide bonds. The first kappa shape index (κ1) is 18.3. The summed E-state index contributed by atoms with van der Waals surface area (Å²) in [7, 11) is 0. The number of pyridine rings is 1. The number of aromatic nitrogens is 1. The molecule has 1 aromatic heterocycles. The predicted molar refractivity (Wildman–Crippen MR) is 97.9 cm³/mol. The van der Waals surface area contributed by atoms with Crippen molar-refractivity contribution in [3.63, 3.8) is 0 Å². The van der Waals surface area contributed by atoms with Gasteiger partial charge in [-0.2, -0.15) is 0 Å². The number of carbonyl (C=O) groups is 2. The highest BCUT2D eigenvalue weighted by atomic mass is 35.5.